The van der Waals surface area contributed by atoms with Crippen molar-refractivity contribution in [3.05, 3.63) is 35.6 Å². The molecule has 0 bridgehead atoms. The third kappa shape index (κ3) is 3.00. The molecular formula is C14H18FNO3. The first-order valence-electron chi connectivity index (χ1n) is 6.33. The molecule has 104 valence electrons. The number of ether oxygens (including phenoxy) is 1. The Morgan fingerprint density at radius 3 is 2.68 bits per heavy atom. The van der Waals surface area contributed by atoms with Crippen LogP contribution in [0.3, 0.4) is 0 Å². The van der Waals surface area contributed by atoms with Gasteiger partial charge in [0.15, 0.2) is 6.29 Å². The molecule has 1 heterocycles. The van der Waals surface area contributed by atoms with E-state index in [1.807, 2.05) is 18.7 Å². The van der Waals surface area contributed by atoms with E-state index in [1.165, 1.54) is 12.1 Å². The predicted octanol–water partition coefficient (Wildman–Crippen LogP) is 1.49. The number of benzene rings is 1. The molecular weight excluding hydrogens is 249 g/mol. The quantitative estimate of drug-likeness (QED) is 0.843. The molecule has 0 amide bonds. The second-order valence-corrected chi connectivity index (χ2v) is 4.89. The summed E-state index contributed by atoms with van der Waals surface area (Å²) < 4.78 is 18.2. The summed E-state index contributed by atoms with van der Waals surface area (Å²) >= 11 is 0. The van der Waals surface area contributed by atoms with Gasteiger partial charge in [-0.3, -0.25) is 4.90 Å². The number of rotatable bonds is 3. The molecule has 2 rings (SSSR count). The number of halogens is 1. The zero-order valence-electron chi connectivity index (χ0n) is 11.0. The van der Waals surface area contributed by atoms with E-state index in [2.05, 4.69) is 0 Å². The van der Waals surface area contributed by atoms with Gasteiger partial charge < -0.3 is 14.6 Å². The molecule has 1 aliphatic heterocycles. The van der Waals surface area contributed by atoms with Crippen molar-refractivity contribution in [3.8, 4) is 0 Å². The van der Waals surface area contributed by atoms with E-state index in [4.69, 9.17) is 4.74 Å². The zero-order chi connectivity index (χ0) is 14.0. The highest BCUT2D eigenvalue weighted by Crippen LogP contribution is 2.27. The molecule has 4 atom stereocenters. The van der Waals surface area contributed by atoms with E-state index in [0.29, 0.717) is 12.8 Å². The summed E-state index contributed by atoms with van der Waals surface area (Å²) in [6.07, 6.45) is -0.588. The Morgan fingerprint density at radius 1 is 1.47 bits per heavy atom. The lowest BCUT2D eigenvalue weighted by atomic mass is 10.0. The molecule has 5 heteroatoms. The van der Waals surface area contributed by atoms with Gasteiger partial charge in [0.2, 0.25) is 0 Å². The van der Waals surface area contributed by atoms with Crippen LogP contribution in [-0.2, 0) is 9.53 Å². The molecule has 1 N–H and O–H groups in total. The fourth-order valence-corrected chi connectivity index (χ4v) is 2.44. The Hall–Kier alpha value is -1.30. The maximum atomic E-state index is 12.9. The Bertz CT molecular complexity index is 437. The normalized spacial score (nSPS) is 30.0. The van der Waals surface area contributed by atoms with Gasteiger partial charge in [-0.25, -0.2) is 4.39 Å². The number of hydrogen-bond acceptors (Lipinski definition) is 4. The van der Waals surface area contributed by atoms with E-state index in [1.54, 1.807) is 12.1 Å². The van der Waals surface area contributed by atoms with Crippen LogP contribution in [0, 0.1) is 5.82 Å². The number of nitrogens with zero attached hydrogens (tertiary/aromatic N) is 1. The van der Waals surface area contributed by atoms with Crippen LogP contribution in [0.1, 0.15) is 25.5 Å². The van der Waals surface area contributed by atoms with E-state index in [-0.39, 0.29) is 18.0 Å². The van der Waals surface area contributed by atoms with E-state index in [0.717, 1.165) is 5.56 Å². The average molecular weight is 267 g/mol. The highest BCUT2D eigenvalue weighted by molar-refractivity contribution is 5.58. The lowest BCUT2D eigenvalue weighted by Crippen LogP contribution is -2.55. The maximum absolute atomic E-state index is 12.9. The third-order valence-electron chi connectivity index (χ3n) is 3.50. The molecule has 0 spiro atoms. The lowest BCUT2D eigenvalue weighted by Gasteiger charge is -2.42. The second-order valence-electron chi connectivity index (χ2n) is 4.89. The zero-order valence-corrected chi connectivity index (χ0v) is 11.0. The monoisotopic (exact) mass is 267 g/mol. The van der Waals surface area contributed by atoms with Crippen molar-refractivity contribution in [1.29, 1.82) is 0 Å². The molecule has 1 aromatic rings. The standard InChI is InChI=1S/C14H18FNO3/c1-9-7-16(13(8-17)14(18)19-9)10(2)11-3-5-12(15)6-4-11/h3-6,8-10,13-14,18H,7H2,1-2H3/t9?,10-,13?,14?/m0/s1. The molecule has 4 nitrogen and oxygen atoms in total. The summed E-state index contributed by atoms with van der Waals surface area (Å²) in [5.74, 6) is -0.293. The van der Waals surface area contributed by atoms with Crippen molar-refractivity contribution in [1.82, 2.24) is 4.90 Å². The third-order valence-corrected chi connectivity index (χ3v) is 3.50. The Balaban J connectivity index is 2.22. The second kappa shape index (κ2) is 5.77. The average Bonchev–Trinajstić information content (AvgIpc) is 2.38. The first-order valence-corrected chi connectivity index (χ1v) is 6.33. The number of aldehydes is 1. The number of carbonyl (C=O) groups excluding carboxylic acids is 1. The smallest absolute Gasteiger partial charge is 0.177 e. The van der Waals surface area contributed by atoms with Gasteiger partial charge in [0.05, 0.1) is 6.10 Å². The molecule has 3 unspecified atom stereocenters. The molecule has 0 aliphatic carbocycles. The van der Waals surface area contributed by atoms with Crippen LogP contribution in [0.25, 0.3) is 0 Å². The van der Waals surface area contributed by atoms with Crippen LogP contribution in [-0.4, -0.2) is 41.3 Å². The minimum Gasteiger partial charge on any atom is -0.366 e. The van der Waals surface area contributed by atoms with Crippen molar-refractivity contribution >= 4 is 6.29 Å². The van der Waals surface area contributed by atoms with E-state index < -0.39 is 12.3 Å². The number of morpholine rings is 1. The van der Waals surface area contributed by atoms with Crippen LogP contribution in [0.2, 0.25) is 0 Å². The largest absolute Gasteiger partial charge is 0.366 e. The molecule has 1 saturated heterocycles. The topological polar surface area (TPSA) is 49.8 Å². The minimum atomic E-state index is -1.12. The molecule has 1 aromatic carbocycles. The van der Waals surface area contributed by atoms with Gasteiger partial charge in [-0.2, -0.15) is 0 Å². The first-order chi connectivity index (χ1) is 9.02. The van der Waals surface area contributed by atoms with Crippen LogP contribution < -0.4 is 0 Å². The minimum absolute atomic E-state index is 0.100. The number of hydrogen-bond donors (Lipinski definition) is 1. The van der Waals surface area contributed by atoms with Gasteiger partial charge in [0, 0.05) is 12.6 Å². The fourth-order valence-electron chi connectivity index (χ4n) is 2.44. The highest BCUT2D eigenvalue weighted by atomic mass is 19.1. The van der Waals surface area contributed by atoms with Gasteiger partial charge in [0.25, 0.3) is 0 Å². The Morgan fingerprint density at radius 2 is 2.11 bits per heavy atom. The van der Waals surface area contributed by atoms with Gasteiger partial charge in [-0.05, 0) is 31.5 Å². The number of aliphatic hydroxyl groups is 1. The summed E-state index contributed by atoms with van der Waals surface area (Å²) in [4.78, 5) is 13.0. The SMILES string of the molecule is CC1CN([C@@H](C)c2ccc(F)cc2)C(C=O)C(O)O1. The molecule has 0 radical (unpaired) electrons. The van der Waals surface area contributed by atoms with E-state index in [9.17, 15) is 14.3 Å². The lowest BCUT2D eigenvalue weighted by molar-refractivity contribution is -0.209. The molecule has 1 fully saturated rings. The van der Waals surface area contributed by atoms with Crippen molar-refractivity contribution in [2.75, 3.05) is 6.54 Å². The number of carbonyl (C=O) groups is 1. The van der Waals surface area contributed by atoms with Gasteiger partial charge in [-0.1, -0.05) is 12.1 Å². The van der Waals surface area contributed by atoms with Crippen molar-refractivity contribution < 1.29 is 19.0 Å². The summed E-state index contributed by atoms with van der Waals surface area (Å²) in [6.45, 7) is 4.31. The Labute approximate surface area is 111 Å². The number of aliphatic hydroxyl groups excluding tert-OH is 1. The molecule has 19 heavy (non-hydrogen) atoms. The van der Waals surface area contributed by atoms with Crippen molar-refractivity contribution in [2.45, 2.75) is 38.3 Å². The molecule has 0 saturated carbocycles. The summed E-state index contributed by atoms with van der Waals surface area (Å²) in [5, 5.41) is 9.79. The maximum Gasteiger partial charge on any atom is 0.177 e. The van der Waals surface area contributed by atoms with Crippen molar-refractivity contribution in [3.63, 3.8) is 0 Å². The van der Waals surface area contributed by atoms with Gasteiger partial charge >= 0.3 is 0 Å². The van der Waals surface area contributed by atoms with Gasteiger partial charge in [-0.15, -0.1) is 0 Å². The van der Waals surface area contributed by atoms with Crippen LogP contribution >= 0.6 is 0 Å². The summed E-state index contributed by atoms with van der Waals surface area (Å²) in [7, 11) is 0. The molecule has 0 aromatic heterocycles. The first kappa shape index (κ1) is 14.1. The van der Waals surface area contributed by atoms with Crippen molar-refractivity contribution in [2.24, 2.45) is 0 Å². The predicted molar refractivity (Wildman–Crippen MR) is 67.9 cm³/mol. The Kier molecular flexibility index (Phi) is 4.29. The van der Waals surface area contributed by atoms with Crippen LogP contribution in [0.5, 0.6) is 0 Å². The molecule has 1 aliphatic rings. The van der Waals surface area contributed by atoms with Crippen LogP contribution in [0.15, 0.2) is 24.3 Å². The van der Waals surface area contributed by atoms with E-state index >= 15 is 0 Å². The summed E-state index contributed by atoms with van der Waals surface area (Å²) in [5.41, 5.74) is 0.898. The highest BCUT2D eigenvalue weighted by Gasteiger charge is 2.36. The van der Waals surface area contributed by atoms with Crippen LogP contribution in [0.4, 0.5) is 4.39 Å². The fraction of sp³-hybridized carbons (Fsp3) is 0.500. The summed E-state index contributed by atoms with van der Waals surface area (Å²) in [6, 6.07) is 5.36. The van der Waals surface area contributed by atoms with Gasteiger partial charge in [0.1, 0.15) is 18.1 Å².